The van der Waals surface area contributed by atoms with Crippen molar-refractivity contribution in [2.75, 3.05) is 38.2 Å². The summed E-state index contributed by atoms with van der Waals surface area (Å²) < 4.78 is 0. The number of nitrogens with one attached hydrogen (secondary N) is 5. The number of aliphatic hydroxyl groups is 1. The Balaban J connectivity index is 5.35. The molecule has 4 atom stereocenters. The van der Waals surface area contributed by atoms with Crippen molar-refractivity contribution in [3.8, 4) is 0 Å². The highest BCUT2D eigenvalue weighted by Gasteiger charge is 2.29. The van der Waals surface area contributed by atoms with Crippen molar-refractivity contribution >= 4 is 53.2 Å². The first-order chi connectivity index (χ1) is 19.3. The summed E-state index contributed by atoms with van der Waals surface area (Å²) >= 11 is 1.39. The van der Waals surface area contributed by atoms with Crippen molar-refractivity contribution in [1.29, 1.82) is 0 Å². The highest BCUT2D eigenvalue weighted by molar-refractivity contribution is 7.98. The molecule has 0 rings (SSSR count). The van der Waals surface area contributed by atoms with Crippen molar-refractivity contribution in [2.24, 2.45) is 28.1 Å². The van der Waals surface area contributed by atoms with Gasteiger partial charge in [-0.05, 0) is 37.2 Å². The first-order valence-corrected chi connectivity index (χ1v) is 14.2. The molecule has 0 aliphatic carbocycles. The number of aliphatic imine (C=N–C) groups is 1. The number of carboxylic acid groups (broad SMARTS) is 1. The number of nitrogens with zero attached hydrogens (tertiary/aromatic N) is 1. The number of hydrogen-bond donors (Lipinski definition) is 10. The maximum Gasteiger partial charge on any atom is 0.326 e. The van der Waals surface area contributed by atoms with E-state index in [9.17, 15) is 39.0 Å². The maximum absolute atomic E-state index is 12.9. The van der Waals surface area contributed by atoms with E-state index >= 15 is 0 Å². The molecular formula is C23H43N9O8S. The normalized spacial score (nSPS) is 13.6. The molecule has 0 aliphatic heterocycles. The Labute approximate surface area is 242 Å². The summed E-state index contributed by atoms with van der Waals surface area (Å²) in [5.74, 6) is -5.08. The molecule has 0 aromatic rings. The van der Waals surface area contributed by atoms with E-state index in [1.54, 1.807) is 20.1 Å². The SMILES string of the molecule is CSCC[C@H](NC(=O)[C@H](CO)NC(=O)[C@H](CCCN=C(N)N)NC(=O)CN)C(=O)NCC(=O)N[C@H](C(=O)O)C(C)C. The number of amides is 5. The number of rotatable bonds is 20. The van der Waals surface area contributed by atoms with E-state index in [2.05, 4.69) is 31.6 Å². The van der Waals surface area contributed by atoms with Gasteiger partial charge in [0.1, 0.15) is 24.2 Å². The Morgan fingerprint density at radius 2 is 1.44 bits per heavy atom. The maximum atomic E-state index is 12.9. The molecule has 0 aromatic heterocycles. The molecule has 0 aliphatic rings. The van der Waals surface area contributed by atoms with Crippen LogP contribution in [0.4, 0.5) is 0 Å². The van der Waals surface area contributed by atoms with E-state index in [4.69, 9.17) is 17.2 Å². The molecule has 234 valence electrons. The molecule has 0 spiro atoms. The number of carbonyl (C=O) groups is 6. The number of carbonyl (C=O) groups excluding carboxylic acids is 5. The number of hydrogen-bond acceptors (Lipinski definition) is 10. The molecule has 41 heavy (non-hydrogen) atoms. The van der Waals surface area contributed by atoms with E-state index in [-0.39, 0.29) is 31.9 Å². The quantitative estimate of drug-likeness (QED) is 0.0357. The van der Waals surface area contributed by atoms with Crippen molar-refractivity contribution < 1.29 is 39.0 Å². The number of nitrogens with two attached hydrogens (primary N) is 3. The Kier molecular flexibility index (Phi) is 18.5. The van der Waals surface area contributed by atoms with Gasteiger partial charge in [0.25, 0.3) is 0 Å². The van der Waals surface area contributed by atoms with Crippen LogP contribution in [0.5, 0.6) is 0 Å². The monoisotopic (exact) mass is 605 g/mol. The molecule has 0 saturated heterocycles. The topological polar surface area (TPSA) is 293 Å². The van der Waals surface area contributed by atoms with Crippen molar-refractivity contribution in [1.82, 2.24) is 26.6 Å². The summed E-state index contributed by atoms with van der Waals surface area (Å²) in [6.45, 7) is 1.65. The molecular weight excluding hydrogens is 562 g/mol. The van der Waals surface area contributed by atoms with Crippen molar-refractivity contribution in [3.05, 3.63) is 0 Å². The molecule has 0 bridgehead atoms. The lowest BCUT2D eigenvalue weighted by molar-refractivity contribution is -0.143. The second-order valence-corrected chi connectivity index (χ2v) is 10.2. The van der Waals surface area contributed by atoms with Crippen LogP contribution >= 0.6 is 11.8 Å². The van der Waals surface area contributed by atoms with E-state index in [1.165, 1.54) is 11.8 Å². The van der Waals surface area contributed by atoms with Crippen molar-refractivity contribution in [2.45, 2.75) is 57.3 Å². The van der Waals surface area contributed by atoms with Crippen LogP contribution in [0.2, 0.25) is 0 Å². The Morgan fingerprint density at radius 3 is 1.95 bits per heavy atom. The number of carboxylic acids is 1. The third kappa shape index (κ3) is 15.7. The smallest absolute Gasteiger partial charge is 0.326 e. The number of aliphatic hydroxyl groups excluding tert-OH is 1. The molecule has 5 amide bonds. The summed E-state index contributed by atoms with van der Waals surface area (Å²) in [5, 5.41) is 30.9. The van der Waals surface area contributed by atoms with E-state index in [0.29, 0.717) is 12.2 Å². The van der Waals surface area contributed by atoms with Gasteiger partial charge in [-0.2, -0.15) is 11.8 Å². The fourth-order valence-electron chi connectivity index (χ4n) is 3.30. The summed E-state index contributed by atoms with van der Waals surface area (Å²) in [6, 6.07) is -4.88. The predicted octanol–water partition coefficient (Wildman–Crippen LogP) is -4.46. The van der Waals surface area contributed by atoms with Crippen LogP contribution in [0.3, 0.4) is 0 Å². The molecule has 13 N–H and O–H groups in total. The van der Waals surface area contributed by atoms with Gasteiger partial charge in [-0.1, -0.05) is 13.8 Å². The van der Waals surface area contributed by atoms with Gasteiger partial charge < -0.3 is 54.0 Å². The van der Waals surface area contributed by atoms with Crippen LogP contribution in [-0.2, 0) is 28.8 Å². The van der Waals surface area contributed by atoms with Crippen LogP contribution in [0.15, 0.2) is 4.99 Å². The standard InChI is InChI=1S/C23H43N9O8S/c1-12(2)18(22(39)40)32-17(35)10-28-19(36)14(6-8-41-3)30-21(38)15(11-33)31-20(37)13(29-16(34)9-24)5-4-7-27-23(25)26/h12-15,18,33H,4-11,24H2,1-3H3,(H,28,36)(H,29,34)(H,30,38)(H,31,37)(H,32,35)(H,39,40)(H4,25,26,27)/t13-,14-,15-,18-/m0/s1. The van der Waals surface area contributed by atoms with Crippen LogP contribution in [0.25, 0.3) is 0 Å². The lowest BCUT2D eigenvalue weighted by Crippen LogP contribution is -2.58. The van der Waals surface area contributed by atoms with Crippen LogP contribution in [0, 0.1) is 5.92 Å². The minimum absolute atomic E-state index is 0.0917. The zero-order valence-electron chi connectivity index (χ0n) is 23.5. The zero-order valence-corrected chi connectivity index (χ0v) is 24.3. The summed E-state index contributed by atoms with van der Waals surface area (Å²) in [7, 11) is 0. The second-order valence-electron chi connectivity index (χ2n) is 9.20. The second kappa shape index (κ2) is 20.3. The van der Waals surface area contributed by atoms with Gasteiger partial charge in [0.15, 0.2) is 5.96 Å². The summed E-state index contributed by atoms with van der Waals surface area (Å²) in [4.78, 5) is 77.5. The molecule has 18 heteroatoms. The molecule has 0 saturated carbocycles. The third-order valence-electron chi connectivity index (χ3n) is 5.51. The number of thioether (sulfide) groups is 1. The lowest BCUT2D eigenvalue weighted by atomic mass is 10.0. The Bertz CT molecular complexity index is 931. The fourth-order valence-corrected chi connectivity index (χ4v) is 3.77. The fraction of sp³-hybridized carbons (Fsp3) is 0.696. The van der Waals surface area contributed by atoms with Crippen LogP contribution in [-0.4, -0.2) is 114 Å². The van der Waals surface area contributed by atoms with E-state index in [1.807, 2.05) is 0 Å². The van der Waals surface area contributed by atoms with Gasteiger partial charge >= 0.3 is 5.97 Å². The van der Waals surface area contributed by atoms with Gasteiger partial charge in [-0.15, -0.1) is 0 Å². The van der Waals surface area contributed by atoms with Gasteiger partial charge in [-0.25, -0.2) is 4.79 Å². The largest absolute Gasteiger partial charge is 0.480 e. The minimum Gasteiger partial charge on any atom is -0.480 e. The molecule has 0 heterocycles. The molecule has 0 unspecified atom stereocenters. The van der Waals surface area contributed by atoms with Gasteiger partial charge in [0.05, 0.1) is 19.7 Å². The number of aliphatic carboxylic acids is 1. The van der Waals surface area contributed by atoms with Gasteiger partial charge in [0, 0.05) is 6.54 Å². The highest BCUT2D eigenvalue weighted by Crippen LogP contribution is 2.04. The van der Waals surface area contributed by atoms with Crippen molar-refractivity contribution in [3.63, 3.8) is 0 Å². The molecule has 0 aromatic carbocycles. The predicted molar refractivity (Wildman–Crippen MR) is 152 cm³/mol. The Morgan fingerprint density at radius 1 is 0.854 bits per heavy atom. The van der Waals surface area contributed by atoms with E-state index in [0.717, 1.165) is 0 Å². The van der Waals surface area contributed by atoms with Crippen LogP contribution in [0.1, 0.15) is 33.1 Å². The first-order valence-electron chi connectivity index (χ1n) is 12.8. The molecule has 0 radical (unpaired) electrons. The van der Waals surface area contributed by atoms with Crippen LogP contribution < -0.4 is 43.8 Å². The van der Waals surface area contributed by atoms with E-state index < -0.39 is 78.7 Å². The molecule has 0 fully saturated rings. The lowest BCUT2D eigenvalue weighted by Gasteiger charge is -2.24. The van der Waals surface area contributed by atoms with Gasteiger partial charge in [0.2, 0.25) is 29.5 Å². The summed E-state index contributed by atoms with van der Waals surface area (Å²) in [5.41, 5.74) is 15.9. The van der Waals surface area contributed by atoms with Gasteiger partial charge in [-0.3, -0.25) is 29.0 Å². The number of guanidine groups is 1. The average Bonchev–Trinajstić information content (AvgIpc) is 2.91. The minimum atomic E-state index is -1.48. The Hall–Kier alpha value is -3.64. The third-order valence-corrected chi connectivity index (χ3v) is 6.16. The average molecular weight is 606 g/mol. The summed E-state index contributed by atoms with van der Waals surface area (Å²) in [6.07, 6.45) is 2.32. The molecule has 17 nitrogen and oxygen atoms in total. The first kappa shape index (κ1) is 37.4. The zero-order chi connectivity index (χ0) is 31.5. The highest BCUT2D eigenvalue weighted by atomic mass is 32.2.